The number of hydrogen-bond donors (Lipinski definition) is 2. The Bertz CT molecular complexity index is 663. The van der Waals surface area contributed by atoms with E-state index in [1.54, 1.807) is 0 Å². The van der Waals surface area contributed by atoms with Gasteiger partial charge in [0.05, 0.1) is 0 Å². The summed E-state index contributed by atoms with van der Waals surface area (Å²) >= 11 is 0. The van der Waals surface area contributed by atoms with Crippen molar-refractivity contribution in [3.63, 3.8) is 0 Å². The van der Waals surface area contributed by atoms with Crippen molar-refractivity contribution in [2.24, 2.45) is 5.73 Å². The monoisotopic (exact) mass is 280 g/mol. The molecule has 2 aromatic rings. The molecule has 0 fully saturated rings. The molecule has 104 valence electrons. The van der Waals surface area contributed by atoms with Gasteiger partial charge in [0.15, 0.2) is 17.4 Å². The highest BCUT2D eigenvalue weighted by atomic mass is 19.1. The van der Waals surface area contributed by atoms with Crippen LogP contribution in [0.25, 0.3) is 0 Å². The highest BCUT2D eigenvalue weighted by molar-refractivity contribution is 5.95. The summed E-state index contributed by atoms with van der Waals surface area (Å²) in [7, 11) is 0. The van der Waals surface area contributed by atoms with Crippen molar-refractivity contribution in [1.82, 2.24) is 0 Å². The summed E-state index contributed by atoms with van der Waals surface area (Å²) in [5.41, 5.74) is 5.37. The molecule has 0 aliphatic carbocycles. The summed E-state index contributed by atoms with van der Waals surface area (Å²) in [6, 6.07) is 5.53. The minimum Gasteiger partial charge on any atom is -0.451 e. The molecule has 0 radical (unpaired) electrons. The van der Waals surface area contributed by atoms with Crippen molar-refractivity contribution >= 4 is 5.84 Å². The molecule has 0 unspecified atom stereocenters. The van der Waals surface area contributed by atoms with E-state index in [-0.39, 0.29) is 11.3 Å². The van der Waals surface area contributed by atoms with Crippen LogP contribution in [0.4, 0.5) is 13.2 Å². The van der Waals surface area contributed by atoms with Gasteiger partial charge in [0.1, 0.15) is 17.4 Å². The number of ether oxygens (including phenoxy) is 1. The molecule has 0 spiro atoms. The molecule has 0 atom stereocenters. The SMILES string of the molecule is Cc1cc(Oc2c(F)cc(C(=N)N)cc2F)ccc1F. The van der Waals surface area contributed by atoms with E-state index in [4.69, 9.17) is 15.9 Å². The Morgan fingerprint density at radius 3 is 2.15 bits per heavy atom. The maximum Gasteiger partial charge on any atom is 0.198 e. The number of halogens is 3. The first-order chi connectivity index (χ1) is 9.38. The predicted molar refractivity (Wildman–Crippen MR) is 68.6 cm³/mol. The summed E-state index contributed by atoms with van der Waals surface area (Å²) in [6.07, 6.45) is 0. The van der Waals surface area contributed by atoms with Crippen LogP contribution in [0, 0.1) is 29.8 Å². The van der Waals surface area contributed by atoms with E-state index in [0.29, 0.717) is 5.56 Å². The molecule has 20 heavy (non-hydrogen) atoms. The molecule has 0 heterocycles. The maximum absolute atomic E-state index is 13.7. The van der Waals surface area contributed by atoms with E-state index in [1.807, 2.05) is 0 Å². The van der Waals surface area contributed by atoms with Crippen molar-refractivity contribution in [1.29, 1.82) is 5.41 Å². The second kappa shape index (κ2) is 5.24. The third kappa shape index (κ3) is 2.74. The van der Waals surface area contributed by atoms with Crippen molar-refractivity contribution in [2.75, 3.05) is 0 Å². The Morgan fingerprint density at radius 1 is 1.05 bits per heavy atom. The number of hydrogen-bond acceptors (Lipinski definition) is 2. The standard InChI is InChI=1S/C14H11F3N2O/c1-7-4-9(2-3-10(7)15)20-13-11(16)5-8(14(18)19)6-12(13)17/h2-6H,1H3,(H3,18,19). The number of nitrogens with one attached hydrogen (secondary N) is 1. The van der Waals surface area contributed by atoms with Gasteiger partial charge in [-0.05, 0) is 42.8 Å². The summed E-state index contributed by atoms with van der Waals surface area (Å²) < 4.78 is 45.7. The minimum absolute atomic E-state index is 0.0809. The van der Waals surface area contributed by atoms with Gasteiger partial charge in [-0.3, -0.25) is 5.41 Å². The van der Waals surface area contributed by atoms with Crippen LogP contribution in [-0.2, 0) is 0 Å². The molecule has 0 bridgehead atoms. The number of amidine groups is 1. The quantitative estimate of drug-likeness (QED) is 0.668. The topological polar surface area (TPSA) is 59.1 Å². The lowest BCUT2D eigenvalue weighted by molar-refractivity contribution is 0.406. The number of nitrogen functional groups attached to an aromatic ring is 1. The molecule has 2 aromatic carbocycles. The third-order valence-electron chi connectivity index (χ3n) is 2.66. The molecular formula is C14H11F3N2O. The van der Waals surface area contributed by atoms with Crippen molar-refractivity contribution in [3.8, 4) is 11.5 Å². The molecule has 0 aliphatic rings. The molecule has 0 saturated heterocycles. The smallest absolute Gasteiger partial charge is 0.198 e. The van der Waals surface area contributed by atoms with E-state index in [0.717, 1.165) is 18.2 Å². The van der Waals surface area contributed by atoms with Crippen LogP contribution in [0.15, 0.2) is 30.3 Å². The van der Waals surface area contributed by atoms with Gasteiger partial charge in [0.25, 0.3) is 0 Å². The van der Waals surface area contributed by atoms with Gasteiger partial charge in [-0.25, -0.2) is 13.2 Å². The summed E-state index contributed by atoms with van der Waals surface area (Å²) in [5, 5.41) is 7.13. The summed E-state index contributed by atoms with van der Waals surface area (Å²) in [6.45, 7) is 1.51. The molecule has 6 heteroatoms. The van der Waals surface area contributed by atoms with Crippen LogP contribution in [0.2, 0.25) is 0 Å². The predicted octanol–water partition coefficient (Wildman–Crippen LogP) is 3.49. The first-order valence-electron chi connectivity index (χ1n) is 5.66. The molecule has 0 amide bonds. The van der Waals surface area contributed by atoms with Crippen molar-refractivity contribution < 1.29 is 17.9 Å². The van der Waals surface area contributed by atoms with Crippen LogP contribution in [0.1, 0.15) is 11.1 Å². The van der Waals surface area contributed by atoms with Crippen LogP contribution >= 0.6 is 0 Å². The van der Waals surface area contributed by atoms with Crippen LogP contribution in [-0.4, -0.2) is 5.84 Å². The van der Waals surface area contributed by atoms with E-state index in [9.17, 15) is 13.2 Å². The Morgan fingerprint density at radius 2 is 1.65 bits per heavy atom. The lowest BCUT2D eigenvalue weighted by Crippen LogP contribution is -2.12. The average molecular weight is 280 g/mol. The highest BCUT2D eigenvalue weighted by Gasteiger charge is 2.15. The fourth-order valence-corrected chi connectivity index (χ4v) is 1.61. The van der Waals surface area contributed by atoms with Gasteiger partial charge in [-0.15, -0.1) is 0 Å². The van der Waals surface area contributed by atoms with E-state index < -0.39 is 29.0 Å². The van der Waals surface area contributed by atoms with Crippen LogP contribution in [0.5, 0.6) is 11.5 Å². The molecule has 3 nitrogen and oxygen atoms in total. The normalized spacial score (nSPS) is 10.4. The van der Waals surface area contributed by atoms with Gasteiger partial charge >= 0.3 is 0 Å². The van der Waals surface area contributed by atoms with E-state index >= 15 is 0 Å². The summed E-state index contributed by atoms with van der Waals surface area (Å²) in [5.74, 6) is -3.38. The number of aryl methyl sites for hydroxylation is 1. The molecule has 0 aromatic heterocycles. The number of rotatable bonds is 3. The zero-order chi connectivity index (χ0) is 14.9. The Hall–Kier alpha value is -2.50. The first kappa shape index (κ1) is 13.9. The fraction of sp³-hybridized carbons (Fsp3) is 0.0714. The number of benzene rings is 2. The molecule has 0 saturated carbocycles. The van der Waals surface area contributed by atoms with Gasteiger partial charge < -0.3 is 10.5 Å². The van der Waals surface area contributed by atoms with Crippen molar-refractivity contribution in [2.45, 2.75) is 6.92 Å². The molecular weight excluding hydrogens is 269 g/mol. The van der Waals surface area contributed by atoms with E-state index in [1.165, 1.54) is 19.1 Å². The molecule has 2 rings (SSSR count). The second-order valence-electron chi connectivity index (χ2n) is 4.20. The van der Waals surface area contributed by atoms with Crippen LogP contribution in [0.3, 0.4) is 0 Å². The summed E-state index contributed by atoms with van der Waals surface area (Å²) in [4.78, 5) is 0. The zero-order valence-corrected chi connectivity index (χ0v) is 10.5. The minimum atomic E-state index is -0.989. The molecule has 0 aliphatic heterocycles. The highest BCUT2D eigenvalue weighted by Crippen LogP contribution is 2.29. The average Bonchev–Trinajstić information content (AvgIpc) is 2.37. The van der Waals surface area contributed by atoms with Crippen molar-refractivity contribution in [3.05, 3.63) is 58.9 Å². The largest absolute Gasteiger partial charge is 0.451 e. The maximum atomic E-state index is 13.7. The van der Waals surface area contributed by atoms with Gasteiger partial charge in [-0.1, -0.05) is 0 Å². The second-order valence-corrected chi connectivity index (χ2v) is 4.20. The first-order valence-corrected chi connectivity index (χ1v) is 5.66. The number of nitrogens with two attached hydrogens (primary N) is 1. The van der Waals surface area contributed by atoms with E-state index in [2.05, 4.69) is 0 Å². The van der Waals surface area contributed by atoms with Gasteiger partial charge in [0.2, 0.25) is 0 Å². The fourth-order valence-electron chi connectivity index (χ4n) is 1.61. The molecule has 3 N–H and O–H groups in total. The van der Waals surface area contributed by atoms with Crippen LogP contribution < -0.4 is 10.5 Å². The zero-order valence-electron chi connectivity index (χ0n) is 10.5. The third-order valence-corrected chi connectivity index (χ3v) is 2.66. The Labute approximate surface area is 113 Å². The Kier molecular flexibility index (Phi) is 3.65. The lowest BCUT2D eigenvalue weighted by Gasteiger charge is -2.10. The van der Waals surface area contributed by atoms with Gasteiger partial charge in [-0.2, -0.15) is 0 Å². The van der Waals surface area contributed by atoms with Gasteiger partial charge in [0, 0.05) is 5.56 Å². The Balaban J connectivity index is 2.38. The lowest BCUT2D eigenvalue weighted by atomic mass is 10.2.